The van der Waals surface area contributed by atoms with E-state index in [1.807, 2.05) is 54.5 Å². The first kappa shape index (κ1) is 15.3. The Labute approximate surface area is 122 Å². The average molecular weight is 277 g/mol. The highest BCUT2D eigenvalue weighted by molar-refractivity contribution is 6.62. The molecule has 1 aromatic heterocycles. The van der Waals surface area contributed by atoms with Gasteiger partial charge in [0.25, 0.3) is 0 Å². The van der Waals surface area contributed by atoms with Gasteiger partial charge >= 0.3 is 7.12 Å². The largest absolute Gasteiger partial charge is 0.496 e. The Balaban J connectivity index is 2.21. The molecule has 2 rings (SSSR count). The van der Waals surface area contributed by atoms with E-state index in [9.17, 15) is 0 Å². The van der Waals surface area contributed by atoms with Gasteiger partial charge in [-0.1, -0.05) is 0 Å². The second-order valence-electron chi connectivity index (χ2n) is 7.26. The van der Waals surface area contributed by atoms with Crippen molar-refractivity contribution in [3.63, 3.8) is 0 Å². The van der Waals surface area contributed by atoms with Crippen LogP contribution in [0.15, 0.2) is 18.5 Å². The summed E-state index contributed by atoms with van der Waals surface area (Å²) in [5, 5.41) is 0. The number of hydrogen-bond donors (Lipinski definition) is 0. The van der Waals surface area contributed by atoms with Crippen molar-refractivity contribution in [2.75, 3.05) is 0 Å². The van der Waals surface area contributed by atoms with Gasteiger partial charge in [0.05, 0.1) is 17.4 Å². The molecule has 0 unspecified atom stereocenters. The molecule has 4 nitrogen and oxygen atoms in total. The lowest BCUT2D eigenvalue weighted by atomic mass is 9.80. The summed E-state index contributed by atoms with van der Waals surface area (Å²) in [5.74, 6) is 0.727. The fraction of sp³-hybridized carbons (Fsp3) is 0.667. The Morgan fingerprint density at radius 1 is 1.05 bits per heavy atom. The van der Waals surface area contributed by atoms with Gasteiger partial charge in [-0.2, -0.15) is 0 Å². The Morgan fingerprint density at radius 3 is 2.10 bits per heavy atom. The lowest BCUT2D eigenvalue weighted by Gasteiger charge is -2.32. The molecule has 0 aliphatic carbocycles. The molecule has 0 radical (unpaired) electrons. The predicted molar refractivity (Wildman–Crippen MR) is 80.3 cm³/mol. The van der Waals surface area contributed by atoms with Crippen molar-refractivity contribution >= 4 is 12.6 Å². The Morgan fingerprint density at radius 2 is 1.60 bits per heavy atom. The van der Waals surface area contributed by atoms with Gasteiger partial charge in [0, 0.05) is 11.7 Å². The van der Waals surface area contributed by atoms with E-state index in [4.69, 9.17) is 14.0 Å². The van der Waals surface area contributed by atoms with Crippen LogP contribution in [-0.4, -0.2) is 28.9 Å². The van der Waals surface area contributed by atoms with Crippen molar-refractivity contribution in [3.05, 3.63) is 18.5 Å². The lowest BCUT2D eigenvalue weighted by molar-refractivity contribution is 0.00578. The molecule has 1 saturated heterocycles. The second-order valence-corrected chi connectivity index (χ2v) is 7.26. The van der Waals surface area contributed by atoms with Crippen LogP contribution in [0.3, 0.4) is 0 Å². The molecule has 5 heteroatoms. The minimum Gasteiger partial charge on any atom is -0.487 e. The molecule has 20 heavy (non-hydrogen) atoms. The van der Waals surface area contributed by atoms with Crippen molar-refractivity contribution < 1.29 is 14.0 Å². The van der Waals surface area contributed by atoms with Crippen molar-refractivity contribution in [2.24, 2.45) is 0 Å². The van der Waals surface area contributed by atoms with Crippen LogP contribution in [-0.2, 0) is 9.31 Å². The van der Waals surface area contributed by atoms with Crippen molar-refractivity contribution in [1.82, 2.24) is 4.98 Å². The third-order valence-electron chi connectivity index (χ3n) is 3.68. The minimum absolute atomic E-state index is 0.254. The van der Waals surface area contributed by atoms with Crippen LogP contribution in [0.1, 0.15) is 48.5 Å². The molecule has 0 amide bonds. The molecule has 1 aromatic rings. The summed E-state index contributed by atoms with van der Waals surface area (Å²) in [5.41, 5.74) is -0.0710. The summed E-state index contributed by atoms with van der Waals surface area (Å²) in [4.78, 5) is 4.22. The van der Waals surface area contributed by atoms with Crippen LogP contribution in [0.2, 0.25) is 0 Å². The molecule has 0 bridgehead atoms. The number of rotatable bonds is 2. The van der Waals surface area contributed by atoms with Crippen LogP contribution in [0.5, 0.6) is 5.75 Å². The number of aromatic nitrogens is 1. The molecule has 0 atom stereocenters. The minimum atomic E-state index is -0.406. The number of nitrogens with zero attached hydrogens (tertiary/aromatic N) is 1. The van der Waals surface area contributed by atoms with E-state index in [-0.39, 0.29) is 16.8 Å². The van der Waals surface area contributed by atoms with Gasteiger partial charge in [-0.3, -0.25) is 4.98 Å². The highest BCUT2D eigenvalue weighted by Gasteiger charge is 2.51. The summed E-state index contributed by atoms with van der Waals surface area (Å²) < 4.78 is 17.9. The average Bonchev–Trinajstić information content (AvgIpc) is 2.46. The third kappa shape index (κ3) is 3.15. The predicted octanol–water partition coefficient (Wildman–Crippen LogP) is 2.56. The Hall–Kier alpha value is -1.07. The lowest BCUT2D eigenvalue weighted by Crippen LogP contribution is -2.41. The molecule has 0 saturated carbocycles. The Kier molecular flexibility index (Phi) is 3.63. The van der Waals surface area contributed by atoms with Crippen LogP contribution in [0.4, 0.5) is 0 Å². The van der Waals surface area contributed by atoms with Gasteiger partial charge in [0.15, 0.2) is 0 Å². The standard InChI is InChI=1S/C15H24BNO3/c1-13(2,3)18-12-8-11(9-17-10-12)16-19-14(4,5)15(6,7)20-16/h8-10H,1-7H3. The monoisotopic (exact) mass is 277 g/mol. The van der Waals surface area contributed by atoms with Gasteiger partial charge in [-0.05, 0) is 54.5 Å². The molecule has 1 aliphatic heterocycles. The summed E-state index contributed by atoms with van der Waals surface area (Å²) in [7, 11) is -0.406. The second kappa shape index (κ2) is 4.74. The highest BCUT2D eigenvalue weighted by atomic mass is 16.7. The van der Waals surface area contributed by atoms with Gasteiger partial charge in [-0.25, -0.2) is 0 Å². The molecule has 2 heterocycles. The zero-order chi connectivity index (χ0) is 15.2. The van der Waals surface area contributed by atoms with E-state index in [1.54, 1.807) is 12.4 Å². The quantitative estimate of drug-likeness (QED) is 0.779. The van der Waals surface area contributed by atoms with Gasteiger partial charge in [0.2, 0.25) is 0 Å². The number of pyridine rings is 1. The topological polar surface area (TPSA) is 40.6 Å². The van der Waals surface area contributed by atoms with Crippen molar-refractivity contribution in [1.29, 1.82) is 0 Å². The van der Waals surface area contributed by atoms with Gasteiger partial charge in [-0.15, -0.1) is 0 Å². The molecule has 0 spiro atoms. The third-order valence-corrected chi connectivity index (χ3v) is 3.68. The van der Waals surface area contributed by atoms with E-state index >= 15 is 0 Å². The van der Waals surface area contributed by atoms with E-state index < -0.39 is 7.12 Å². The Bertz CT molecular complexity index is 478. The summed E-state index contributed by atoms with van der Waals surface area (Å²) in [6.07, 6.45) is 3.47. The first-order chi connectivity index (χ1) is 9.00. The van der Waals surface area contributed by atoms with Gasteiger partial charge < -0.3 is 14.0 Å². The maximum atomic E-state index is 6.02. The zero-order valence-corrected chi connectivity index (χ0v) is 13.5. The summed E-state index contributed by atoms with van der Waals surface area (Å²) in [6.45, 7) is 14.2. The van der Waals surface area contributed by atoms with E-state index in [1.165, 1.54) is 0 Å². The van der Waals surface area contributed by atoms with Crippen molar-refractivity contribution in [2.45, 2.75) is 65.3 Å². The molecule has 1 fully saturated rings. The molecular weight excluding hydrogens is 253 g/mol. The van der Waals surface area contributed by atoms with Gasteiger partial charge in [0.1, 0.15) is 11.4 Å². The van der Waals surface area contributed by atoms with Crippen LogP contribution in [0, 0.1) is 0 Å². The van der Waals surface area contributed by atoms with Crippen molar-refractivity contribution in [3.8, 4) is 5.75 Å². The molecule has 0 aromatic carbocycles. The SMILES string of the molecule is CC(C)(C)Oc1cncc(B2OC(C)(C)C(C)(C)O2)c1. The first-order valence-corrected chi connectivity index (χ1v) is 7.00. The molecule has 110 valence electrons. The van der Waals surface area contributed by atoms with Crippen LogP contribution in [0.25, 0.3) is 0 Å². The van der Waals surface area contributed by atoms with Crippen LogP contribution >= 0.6 is 0 Å². The number of hydrogen-bond acceptors (Lipinski definition) is 4. The zero-order valence-electron chi connectivity index (χ0n) is 13.5. The molecule has 1 aliphatic rings. The van der Waals surface area contributed by atoms with Crippen LogP contribution < -0.4 is 10.2 Å². The maximum Gasteiger partial charge on any atom is 0.496 e. The smallest absolute Gasteiger partial charge is 0.487 e. The fourth-order valence-electron chi connectivity index (χ4n) is 1.95. The van der Waals surface area contributed by atoms with E-state index in [0.717, 1.165) is 11.2 Å². The molecular formula is C15H24BNO3. The highest BCUT2D eigenvalue weighted by Crippen LogP contribution is 2.36. The maximum absolute atomic E-state index is 6.02. The first-order valence-electron chi connectivity index (χ1n) is 7.00. The summed E-state index contributed by atoms with van der Waals surface area (Å²) in [6, 6.07) is 1.93. The molecule has 0 N–H and O–H groups in total. The van der Waals surface area contributed by atoms with E-state index in [2.05, 4.69) is 4.98 Å². The number of ether oxygens (including phenoxy) is 1. The summed E-state index contributed by atoms with van der Waals surface area (Å²) >= 11 is 0. The normalized spacial score (nSPS) is 21.1. The van der Waals surface area contributed by atoms with E-state index in [0.29, 0.717) is 0 Å². The fourth-order valence-corrected chi connectivity index (χ4v) is 1.95.